The Kier molecular flexibility index (Phi) is 11.3. The summed E-state index contributed by atoms with van der Waals surface area (Å²) in [5.41, 5.74) is 1.61. The molecule has 30 heavy (non-hydrogen) atoms. The van der Waals surface area contributed by atoms with E-state index >= 15 is 0 Å². The number of para-hydroxylation sites is 1. The highest BCUT2D eigenvalue weighted by Gasteiger charge is 2.22. The summed E-state index contributed by atoms with van der Waals surface area (Å²) < 4.78 is 0. The van der Waals surface area contributed by atoms with Crippen molar-refractivity contribution in [2.75, 3.05) is 37.6 Å². The smallest absolute Gasteiger partial charge is 0.226 e. The molecular formula is C25H39N3O2. The highest BCUT2D eigenvalue weighted by atomic mass is 16.2. The molecule has 1 aliphatic rings. The van der Waals surface area contributed by atoms with Gasteiger partial charge in [0.2, 0.25) is 5.91 Å². The largest absolute Gasteiger partial charge is 0.366 e. The molecule has 5 heteroatoms. The van der Waals surface area contributed by atoms with Gasteiger partial charge in [-0.25, -0.2) is 4.79 Å². The van der Waals surface area contributed by atoms with Gasteiger partial charge in [-0.3, -0.25) is 4.79 Å². The zero-order chi connectivity index (χ0) is 21.6. The molecule has 0 spiro atoms. The first-order chi connectivity index (χ1) is 14.7. The Morgan fingerprint density at radius 1 is 1.10 bits per heavy atom. The molecule has 1 aromatic carbocycles. The number of likely N-dealkylation sites (tertiary alicyclic amines) is 1. The number of carbonyl (C=O) groups excluding carboxylic acids is 2. The fraction of sp³-hybridized carbons (Fsp3) is 0.640. The first-order valence-corrected chi connectivity index (χ1v) is 11.7. The van der Waals surface area contributed by atoms with Gasteiger partial charge in [0.1, 0.15) is 11.6 Å². The van der Waals surface area contributed by atoms with Crippen LogP contribution >= 0.6 is 0 Å². The van der Waals surface area contributed by atoms with Gasteiger partial charge in [-0.15, -0.1) is 0 Å². The number of benzene rings is 1. The summed E-state index contributed by atoms with van der Waals surface area (Å²) in [6.45, 7) is 8.79. The van der Waals surface area contributed by atoms with Crippen molar-refractivity contribution in [3.8, 4) is 0 Å². The summed E-state index contributed by atoms with van der Waals surface area (Å²) in [4.78, 5) is 28.3. The quantitative estimate of drug-likeness (QED) is 0.384. The third kappa shape index (κ3) is 7.97. The molecule has 1 fully saturated rings. The summed E-state index contributed by atoms with van der Waals surface area (Å²) in [5.74, 6) is 3.04. The van der Waals surface area contributed by atoms with E-state index in [1.807, 2.05) is 42.2 Å². The van der Waals surface area contributed by atoms with Crippen molar-refractivity contribution in [2.24, 2.45) is 5.92 Å². The lowest BCUT2D eigenvalue weighted by Crippen LogP contribution is -2.37. The summed E-state index contributed by atoms with van der Waals surface area (Å²) in [7, 11) is 0. The van der Waals surface area contributed by atoms with E-state index < -0.39 is 0 Å². The van der Waals surface area contributed by atoms with E-state index in [1.54, 1.807) is 0 Å². The second-order valence-electron chi connectivity index (χ2n) is 8.25. The van der Waals surface area contributed by atoms with Gasteiger partial charge in [0, 0.05) is 38.2 Å². The van der Waals surface area contributed by atoms with Gasteiger partial charge >= 0.3 is 0 Å². The Bertz CT molecular complexity index is 662. The number of hydrogen-bond acceptors (Lipinski definition) is 4. The Balaban J connectivity index is 1.83. The van der Waals surface area contributed by atoms with E-state index in [4.69, 9.17) is 0 Å². The molecule has 0 bridgehead atoms. The number of anilines is 1. The number of amides is 1. The van der Waals surface area contributed by atoms with Gasteiger partial charge in [0.05, 0.1) is 0 Å². The Morgan fingerprint density at radius 2 is 1.83 bits per heavy atom. The molecule has 1 amide bonds. The number of carbonyl (C=O) groups is 1. The van der Waals surface area contributed by atoms with Crippen molar-refractivity contribution < 1.29 is 9.59 Å². The molecule has 1 saturated heterocycles. The second-order valence-corrected chi connectivity index (χ2v) is 8.25. The molecule has 1 aromatic rings. The number of nitrogens with zero attached hydrogens (tertiary/aromatic N) is 2. The van der Waals surface area contributed by atoms with Crippen LogP contribution in [0.25, 0.3) is 0 Å². The lowest BCUT2D eigenvalue weighted by Gasteiger charge is -2.34. The van der Waals surface area contributed by atoms with Crippen LogP contribution in [0.2, 0.25) is 0 Å². The van der Waals surface area contributed by atoms with Crippen molar-refractivity contribution in [3.63, 3.8) is 0 Å². The van der Waals surface area contributed by atoms with E-state index in [0.29, 0.717) is 25.1 Å². The minimum absolute atomic E-state index is 0.115. The topological polar surface area (TPSA) is 52.7 Å². The number of piperidine rings is 1. The summed E-state index contributed by atoms with van der Waals surface area (Å²) in [6.07, 6.45) is 7.84. The van der Waals surface area contributed by atoms with Crippen molar-refractivity contribution in [2.45, 2.75) is 65.2 Å². The van der Waals surface area contributed by atoms with Crippen molar-refractivity contribution in [3.05, 3.63) is 36.0 Å². The van der Waals surface area contributed by atoms with E-state index in [2.05, 4.69) is 23.1 Å². The number of rotatable bonds is 13. The second kappa shape index (κ2) is 14.0. The normalized spacial score (nSPS) is 14.4. The van der Waals surface area contributed by atoms with E-state index in [0.717, 1.165) is 57.0 Å². The lowest BCUT2D eigenvalue weighted by molar-refractivity contribution is -0.118. The van der Waals surface area contributed by atoms with Gasteiger partial charge in [-0.05, 0) is 69.7 Å². The van der Waals surface area contributed by atoms with E-state index in [1.165, 1.54) is 19.3 Å². The van der Waals surface area contributed by atoms with Crippen LogP contribution in [0.3, 0.4) is 0 Å². The maximum absolute atomic E-state index is 12.6. The molecule has 0 unspecified atom stereocenters. The number of hydrogen-bond donors (Lipinski definition) is 1. The molecule has 1 aliphatic heterocycles. The molecule has 0 radical (unpaired) electrons. The fourth-order valence-corrected chi connectivity index (χ4v) is 4.16. The van der Waals surface area contributed by atoms with Crippen LogP contribution in [-0.2, 0) is 9.59 Å². The van der Waals surface area contributed by atoms with Crippen LogP contribution in [0.5, 0.6) is 0 Å². The fourth-order valence-electron chi connectivity index (χ4n) is 4.16. The van der Waals surface area contributed by atoms with E-state index in [-0.39, 0.29) is 5.91 Å². The molecule has 0 aliphatic carbocycles. The third-order valence-electron chi connectivity index (χ3n) is 5.91. The maximum Gasteiger partial charge on any atom is 0.226 e. The van der Waals surface area contributed by atoms with Gasteiger partial charge in [-0.2, -0.15) is 0 Å². The first-order valence-electron chi connectivity index (χ1n) is 11.7. The summed E-state index contributed by atoms with van der Waals surface area (Å²) >= 11 is 0. The third-order valence-corrected chi connectivity index (χ3v) is 5.91. The molecule has 1 heterocycles. The Labute approximate surface area is 182 Å². The highest BCUT2D eigenvalue weighted by Crippen LogP contribution is 2.25. The van der Waals surface area contributed by atoms with Crippen LogP contribution < -0.4 is 10.2 Å². The minimum Gasteiger partial charge on any atom is -0.366 e. The molecule has 0 atom stereocenters. The van der Waals surface area contributed by atoms with E-state index in [9.17, 15) is 9.59 Å². The molecule has 0 saturated carbocycles. The number of nitrogens with one attached hydrogen (secondary N) is 1. The Morgan fingerprint density at radius 3 is 2.47 bits per heavy atom. The zero-order valence-corrected chi connectivity index (χ0v) is 18.9. The highest BCUT2D eigenvalue weighted by molar-refractivity contribution is 5.93. The average Bonchev–Trinajstić information content (AvgIpc) is 2.78. The molecule has 2 rings (SSSR count). The van der Waals surface area contributed by atoms with Crippen molar-refractivity contribution in [1.82, 2.24) is 10.2 Å². The molecular weight excluding hydrogens is 374 g/mol. The standard InChI is InChI=1S/C25H39N3O2/c1-3-9-25(30)28(23-11-6-5-7-12-23)20-15-24(21-29)27-18-13-22(14-19-27)10-8-17-26-16-4-2/h5-7,11-12,22,26H,3-4,8-10,13-20H2,1-2H3. The molecule has 1 N–H and O–H groups in total. The molecule has 5 nitrogen and oxygen atoms in total. The minimum atomic E-state index is 0.115. The predicted octanol–water partition coefficient (Wildman–Crippen LogP) is 4.42. The van der Waals surface area contributed by atoms with Crippen LogP contribution in [-0.4, -0.2) is 49.5 Å². The van der Waals surface area contributed by atoms with Crippen LogP contribution in [0, 0.1) is 5.92 Å². The van der Waals surface area contributed by atoms with Crippen LogP contribution in [0.4, 0.5) is 5.69 Å². The Hall–Kier alpha value is -2.10. The lowest BCUT2D eigenvalue weighted by atomic mass is 9.92. The first kappa shape index (κ1) is 24.2. The predicted molar refractivity (Wildman–Crippen MR) is 124 cm³/mol. The monoisotopic (exact) mass is 413 g/mol. The summed E-state index contributed by atoms with van der Waals surface area (Å²) in [6, 6.07) is 9.76. The van der Waals surface area contributed by atoms with Gasteiger partial charge in [-0.1, -0.05) is 32.0 Å². The van der Waals surface area contributed by atoms with Crippen LogP contribution in [0.1, 0.15) is 65.2 Å². The van der Waals surface area contributed by atoms with Gasteiger partial charge in [0.15, 0.2) is 0 Å². The maximum atomic E-state index is 12.6. The molecule has 166 valence electrons. The average molecular weight is 414 g/mol. The van der Waals surface area contributed by atoms with Gasteiger partial charge < -0.3 is 15.1 Å². The zero-order valence-electron chi connectivity index (χ0n) is 18.9. The van der Waals surface area contributed by atoms with Gasteiger partial charge in [0.25, 0.3) is 0 Å². The van der Waals surface area contributed by atoms with Crippen molar-refractivity contribution in [1.29, 1.82) is 0 Å². The van der Waals surface area contributed by atoms with Crippen molar-refractivity contribution >= 4 is 17.5 Å². The summed E-state index contributed by atoms with van der Waals surface area (Å²) in [5, 5.41) is 3.47. The molecule has 0 aromatic heterocycles. The van der Waals surface area contributed by atoms with Crippen LogP contribution in [0.15, 0.2) is 36.0 Å². The SMILES string of the molecule is CCCNCCCC1CCN(C(=C=O)CCN(C(=O)CCC)c2ccccc2)CC1.